The molecule has 0 radical (unpaired) electrons. The molecule has 5 rings (SSSR count). The van der Waals surface area contributed by atoms with Crippen LogP contribution in [-0.2, 0) is 15.8 Å². The van der Waals surface area contributed by atoms with Crippen molar-refractivity contribution in [2.24, 2.45) is 0 Å². The topological polar surface area (TPSA) is 63.4 Å². The Morgan fingerprint density at radius 1 is 0.969 bits per heavy atom. The highest BCUT2D eigenvalue weighted by atomic mass is 32.2. The maximum absolute atomic E-state index is 13.6. The number of rotatable bonds is 5. The molecule has 1 saturated heterocycles. The average molecular weight is 454 g/mol. The smallest absolute Gasteiger partial charge is 0.219 e. The van der Waals surface area contributed by atoms with Crippen molar-refractivity contribution in [2.75, 3.05) is 6.54 Å². The van der Waals surface area contributed by atoms with Crippen LogP contribution in [0.5, 0.6) is 0 Å². The Hall–Kier alpha value is -3.10. The van der Waals surface area contributed by atoms with Gasteiger partial charge in [0.2, 0.25) is 15.9 Å². The molecule has 0 aliphatic carbocycles. The number of fused-ring (bicyclic) bond motifs is 1. The maximum Gasteiger partial charge on any atom is 0.219 e. The second kappa shape index (κ2) is 8.11. The molecule has 1 aliphatic rings. The molecular formula is C24H20F2N2O3S. The first-order chi connectivity index (χ1) is 15.4. The summed E-state index contributed by atoms with van der Waals surface area (Å²) < 4.78 is 60.4. The van der Waals surface area contributed by atoms with E-state index in [9.17, 15) is 17.2 Å². The van der Waals surface area contributed by atoms with Gasteiger partial charge in [-0.2, -0.15) is 4.31 Å². The van der Waals surface area contributed by atoms with Gasteiger partial charge in [-0.05, 0) is 53.8 Å². The van der Waals surface area contributed by atoms with Crippen LogP contribution in [0.15, 0.2) is 71.1 Å². The zero-order valence-corrected chi connectivity index (χ0v) is 17.9. The number of hydrogen-bond acceptors (Lipinski definition) is 4. The van der Waals surface area contributed by atoms with Crippen LogP contribution in [0.25, 0.3) is 22.2 Å². The lowest BCUT2D eigenvalue weighted by atomic mass is 10.1. The lowest BCUT2D eigenvalue weighted by molar-refractivity contribution is 0.337. The van der Waals surface area contributed by atoms with Crippen LogP contribution in [0, 0.1) is 11.6 Å². The molecule has 3 aromatic carbocycles. The van der Waals surface area contributed by atoms with Gasteiger partial charge in [0.25, 0.3) is 0 Å². The summed E-state index contributed by atoms with van der Waals surface area (Å²) in [6, 6.07) is 17.5. The number of oxazole rings is 1. The molecule has 4 aromatic rings. The van der Waals surface area contributed by atoms with Gasteiger partial charge in [0, 0.05) is 6.54 Å². The number of sulfonamides is 1. The van der Waals surface area contributed by atoms with Crippen molar-refractivity contribution in [3.05, 3.63) is 89.8 Å². The first-order valence-electron chi connectivity index (χ1n) is 10.3. The van der Waals surface area contributed by atoms with Crippen LogP contribution in [0.2, 0.25) is 0 Å². The molecule has 0 amide bonds. The molecule has 1 aliphatic heterocycles. The second-order valence-corrected chi connectivity index (χ2v) is 9.80. The maximum atomic E-state index is 13.6. The van der Waals surface area contributed by atoms with Gasteiger partial charge >= 0.3 is 0 Å². The summed E-state index contributed by atoms with van der Waals surface area (Å²) in [7, 11) is -3.55. The molecular weight excluding hydrogens is 434 g/mol. The average Bonchev–Trinajstić information content (AvgIpc) is 3.43. The van der Waals surface area contributed by atoms with Crippen molar-refractivity contribution in [2.45, 2.75) is 24.6 Å². The fourth-order valence-electron chi connectivity index (χ4n) is 4.13. The first kappa shape index (κ1) is 20.8. The minimum atomic E-state index is -3.55. The molecule has 32 heavy (non-hydrogen) atoms. The Morgan fingerprint density at radius 2 is 1.72 bits per heavy atom. The van der Waals surface area contributed by atoms with Crippen LogP contribution >= 0.6 is 0 Å². The van der Waals surface area contributed by atoms with Gasteiger partial charge in [-0.1, -0.05) is 42.5 Å². The van der Waals surface area contributed by atoms with E-state index in [4.69, 9.17) is 4.42 Å². The van der Waals surface area contributed by atoms with E-state index in [1.54, 1.807) is 30.3 Å². The van der Waals surface area contributed by atoms with Crippen molar-refractivity contribution in [3.8, 4) is 11.1 Å². The van der Waals surface area contributed by atoms with E-state index in [-0.39, 0.29) is 5.75 Å². The minimum absolute atomic E-state index is 0.0785. The number of aromatic nitrogens is 1. The summed E-state index contributed by atoms with van der Waals surface area (Å²) in [4.78, 5) is 4.55. The van der Waals surface area contributed by atoms with Crippen molar-refractivity contribution >= 4 is 21.1 Å². The van der Waals surface area contributed by atoms with Crippen LogP contribution < -0.4 is 0 Å². The Morgan fingerprint density at radius 3 is 2.50 bits per heavy atom. The van der Waals surface area contributed by atoms with Gasteiger partial charge in [-0.25, -0.2) is 22.2 Å². The summed E-state index contributed by atoms with van der Waals surface area (Å²) in [5.41, 5.74) is 2.96. The molecule has 164 valence electrons. The first-order valence-corrected chi connectivity index (χ1v) is 11.9. The highest BCUT2D eigenvalue weighted by Crippen LogP contribution is 2.37. The van der Waals surface area contributed by atoms with Gasteiger partial charge in [-0.3, -0.25) is 0 Å². The van der Waals surface area contributed by atoms with Crippen molar-refractivity contribution in [1.29, 1.82) is 0 Å². The summed E-state index contributed by atoms with van der Waals surface area (Å²) in [6.45, 7) is 0.415. The zero-order valence-electron chi connectivity index (χ0n) is 17.0. The van der Waals surface area contributed by atoms with Gasteiger partial charge in [0.1, 0.15) is 11.6 Å². The lowest BCUT2D eigenvalue weighted by Crippen LogP contribution is -2.31. The van der Waals surface area contributed by atoms with E-state index in [1.807, 2.05) is 18.2 Å². The third kappa shape index (κ3) is 3.91. The number of halogens is 2. The van der Waals surface area contributed by atoms with E-state index in [0.717, 1.165) is 24.1 Å². The molecule has 5 nitrogen and oxygen atoms in total. The molecule has 0 saturated carbocycles. The Labute approximate surface area is 184 Å². The summed E-state index contributed by atoms with van der Waals surface area (Å²) in [5.74, 6) is -1.56. The number of hydrogen-bond donors (Lipinski definition) is 0. The minimum Gasteiger partial charge on any atom is -0.439 e. The standard InChI is InChI=1S/C24H20F2N2O3S/c25-19-10-8-17(13-20(19)26)18-9-11-23-21(14-18)27-24(31-23)22-7-4-12-28(22)32(29,30)15-16-5-2-1-3-6-16/h1-3,5-6,8-11,13-14,22H,4,7,12,15H2/t22-/m1/s1. The van der Waals surface area contributed by atoms with E-state index in [0.29, 0.717) is 41.1 Å². The van der Waals surface area contributed by atoms with Gasteiger partial charge in [-0.15, -0.1) is 0 Å². The summed E-state index contributed by atoms with van der Waals surface area (Å²) in [6.07, 6.45) is 1.34. The van der Waals surface area contributed by atoms with Crippen molar-refractivity contribution in [1.82, 2.24) is 9.29 Å². The van der Waals surface area contributed by atoms with E-state index >= 15 is 0 Å². The van der Waals surface area contributed by atoms with Crippen LogP contribution in [-0.4, -0.2) is 24.3 Å². The van der Waals surface area contributed by atoms with Crippen LogP contribution in [0.3, 0.4) is 0 Å². The fraction of sp³-hybridized carbons (Fsp3) is 0.208. The number of nitrogens with zero attached hydrogens (tertiary/aromatic N) is 2. The lowest BCUT2D eigenvalue weighted by Gasteiger charge is -2.21. The summed E-state index contributed by atoms with van der Waals surface area (Å²) in [5, 5.41) is 0. The highest BCUT2D eigenvalue weighted by Gasteiger charge is 2.38. The van der Waals surface area contributed by atoms with E-state index < -0.39 is 27.7 Å². The van der Waals surface area contributed by atoms with Gasteiger partial charge < -0.3 is 4.42 Å². The Kier molecular flexibility index (Phi) is 5.27. The molecule has 0 N–H and O–H groups in total. The molecule has 0 spiro atoms. The predicted molar refractivity (Wildman–Crippen MR) is 117 cm³/mol. The second-order valence-electron chi connectivity index (χ2n) is 7.87. The normalized spacial score (nSPS) is 17.2. The van der Waals surface area contributed by atoms with Crippen LogP contribution in [0.4, 0.5) is 8.78 Å². The quantitative estimate of drug-likeness (QED) is 0.403. The van der Waals surface area contributed by atoms with E-state index in [1.165, 1.54) is 10.4 Å². The van der Waals surface area contributed by atoms with Crippen LogP contribution in [0.1, 0.15) is 30.3 Å². The molecule has 2 heterocycles. The molecule has 1 atom stereocenters. The molecule has 1 fully saturated rings. The highest BCUT2D eigenvalue weighted by molar-refractivity contribution is 7.88. The largest absolute Gasteiger partial charge is 0.439 e. The molecule has 1 aromatic heterocycles. The van der Waals surface area contributed by atoms with Crippen molar-refractivity contribution < 1.29 is 21.6 Å². The SMILES string of the molecule is O=S(=O)(Cc1ccccc1)N1CCC[C@@H]1c1nc2cc(-c3ccc(F)c(F)c3)ccc2o1. The third-order valence-corrected chi connectivity index (χ3v) is 7.54. The predicted octanol–water partition coefficient (Wildman–Crippen LogP) is 5.44. The fourth-order valence-corrected chi connectivity index (χ4v) is 5.90. The molecule has 0 bridgehead atoms. The number of benzene rings is 3. The monoisotopic (exact) mass is 454 g/mol. The van der Waals surface area contributed by atoms with E-state index in [2.05, 4.69) is 4.98 Å². The van der Waals surface area contributed by atoms with Crippen molar-refractivity contribution in [3.63, 3.8) is 0 Å². The molecule has 0 unspecified atom stereocenters. The zero-order chi connectivity index (χ0) is 22.3. The molecule has 8 heteroatoms. The van der Waals surface area contributed by atoms with Gasteiger partial charge in [0.15, 0.2) is 17.2 Å². The Bertz CT molecular complexity index is 1390. The summed E-state index contributed by atoms with van der Waals surface area (Å²) >= 11 is 0. The third-order valence-electron chi connectivity index (χ3n) is 5.69. The van der Waals surface area contributed by atoms with Gasteiger partial charge in [0.05, 0.1) is 5.75 Å². The Balaban J connectivity index is 1.45.